The van der Waals surface area contributed by atoms with Gasteiger partial charge in [0, 0.05) is 6.07 Å². The first kappa shape index (κ1) is 12.3. The van der Waals surface area contributed by atoms with E-state index in [9.17, 15) is 18.9 Å². The topological polar surface area (TPSA) is 72.6 Å². The van der Waals surface area contributed by atoms with Gasteiger partial charge in [0.15, 0.2) is 0 Å². The van der Waals surface area contributed by atoms with E-state index in [-0.39, 0.29) is 11.4 Å². The first-order chi connectivity index (χ1) is 7.42. The Morgan fingerprint density at radius 2 is 2.19 bits per heavy atom. The summed E-state index contributed by atoms with van der Waals surface area (Å²) in [6, 6.07) is 2.69. The van der Waals surface area contributed by atoms with Crippen molar-refractivity contribution in [2.75, 3.05) is 13.7 Å². The van der Waals surface area contributed by atoms with Gasteiger partial charge in [0.2, 0.25) is 0 Å². The highest BCUT2D eigenvalue weighted by molar-refractivity contribution is 5.46. The summed E-state index contributed by atoms with van der Waals surface area (Å²) in [5.74, 6) is -3.81. The van der Waals surface area contributed by atoms with E-state index in [1.807, 2.05) is 0 Å². The lowest BCUT2D eigenvalue weighted by Crippen LogP contribution is -2.19. The summed E-state index contributed by atoms with van der Waals surface area (Å²) in [4.78, 5) is 9.69. The summed E-state index contributed by atoms with van der Waals surface area (Å²) in [5, 5.41) is 18.9. The fraction of sp³-hybridized carbons (Fsp3) is 0.333. The summed E-state index contributed by atoms with van der Waals surface area (Å²) in [6.45, 7) is -1.39. The van der Waals surface area contributed by atoms with Crippen molar-refractivity contribution in [3.63, 3.8) is 0 Å². The third-order valence-electron chi connectivity index (χ3n) is 1.99. The van der Waals surface area contributed by atoms with Crippen LogP contribution in [0.5, 0.6) is 5.75 Å². The van der Waals surface area contributed by atoms with E-state index in [4.69, 9.17) is 5.11 Å². The number of halogens is 2. The SMILES string of the molecule is COc1cc([N+](=O)[O-])ccc1C(F)(F)CO. The quantitative estimate of drug-likeness (QED) is 0.634. The van der Waals surface area contributed by atoms with E-state index in [1.165, 1.54) is 0 Å². The number of rotatable bonds is 4. The molecular weight excluding hydrogens is 224 g/mol. The van der Waals surface area contributed by atoms with Gasteiger partial charge in [-0.2, -0.15) is 8.78 Å². The summed E-state index contributed by atoms with van der Waals surface area (Å²) in [7, 11) is 1.12. The Morgan fingerprint density at radius 3 is 2.62 bits per heavy atom. The van der Waals surface area contributed by atoms with E-state index in [2.05, 4.69) is 4.74 Å². The van der Waals surface area contributed by atoms with Crippen LogP contribution in [0.25, 0.3) is 0 Å². The van der Waals surface area contributed by atoms with Crippen LogP contribution >= 0.6 is 0 Å². The zero-order valence-corrected chi connectivity index (χ0v) is 8.31. The molecule has 0 fully saturated rings. The number of non-ortho nitro benzene ring substituents is 1. The summed E-state index contributed by atoms with van der Waals surface area (Å²) in [5.41, 5.74) is -0.933. The summed E-state index contributed by atoms with van der Waals surface area (Å²) >= 11 is 0. The third-order valence-corrected chi connectivity index (χ3v) is 1.99. The second-order valence-electron chi connectivity index (χ2n) is 3.00. The Bertz CT molecular complexity index is 408. The normalized spacial score (nSPS) is 11.2. The lowest BCUT2D eigenvalue weighted by Gasteiger charge is -2.16. The minimum absolute atomic E-state index is 0.326. The molecule has 0 aliphatic carbocycles. The summed E-state index contributed by atoms with van der Waals surface area (Å²) in [6.07, 6.45) is 0. The van der Waals surface area contributed by atoms with Crippen LogP contribution in [-0.4, -0.2) is 23.7 Å². The van der Waals surface area contributed by atoms with Crippen LogP contribution in [0.15, 0.2) is 18.2 Å². The van der Waals surface area contributed by atoms with Crippen molar-refractivity contribution < 1.29 is 23.5 Å². The molecule has 1 N–H and O–H groups in total. The second kappa shape index (κ2) is 4.40. The lowest BCUT2D eigenvalue weighted by molar-refractivity contribution is -0.385. The number of hydrogen-bond acceptors (Lipinski definition) is 4. The van der Waals surface area contributed by atoms with Crippen LogP contribution in [-0.2, 0) is 5.92 Å². The highest BCUT2D eigenvalue weighted by Crippen LogP contribution is 2.36. The molecule has 0 unspecified atom stereocenters. The van der Waals surface area contributed by atoms with Crippen molar-refractivity contribution in [3.8, 4) is 5.75 Å². The van der Waals surface area contributed by atoms with Crippen molar-refractivity contribution in [1.82, 2.24) is 0 Å². The van der Waals surface area contributed by atoms with Gasteiger partial charge in [-0.05, 0) is 6.07 Å². The molecule has 16 heavy (non-hydrogen) atoms. The Kier molecular flexibility index (Phi) is 3.38. The molecule has 7 heteroatoms. The summed E-state index contributed by atoms with van der Waals surface area (Å²) < 4.78 is 31.0. The van der Waals surface area contributed by atoms with Crippen molar-refractivity contribution in [2.24, 2.45) is 0 Å². The average Bonchev–Trinajstić information content (AvgIpc) is 2.28. The van der Waals surface area contributed by atoms with Gasteiger partial charge in [0.25, 0.3) is 11.6 Å². The van der Waals surface area contributed by atoms with Gasteiger partial charge in [-0.1, -0.05) is 0 Å². The predicted octanol–water partition coefficient (Wildman–Crippen LogP) is 1.69. The van der Waals surface area contributed by atoms with Gasteiger partial charge in [-0.3, -0.25) is 10.1 Å². The molecule has 0 bridgehead atoms. The van der Waals surface area contributed by atoms with E-state index in [0.717, 1.165) is 25.3 Å². The van der Waals surface area contributed by atoms with Gasteiger partial charge < -0.3 is 9.84 Å². The van der Waals surface area contributed by atoms with E-state index in [0.29, 0.717) is 0 Å². The van der Waals surface area contributed by atoms with Crippen LogP contribution < -0.4 is 4.74 Å². The number of nitro groups is 1. The van der Waals surface area contributed by atoms with E-state index < -0.39 is 23.0 Å². The zero-order valence-electron chi connectivity index (χ0n) is 8.31. The standard InChI is InChI=1S/C9H9F2NO4/c1-16-8-4-6(12(14)15)2-3-7(8)9(10,11)5-13/h2-4,13H,5H2,1H3. The number of nitro benzene ring substituents is 1. The third kappa shape index (κ3) is 2.25. The Labute approximate surface area is 89.4 Å². The van der Waals surface area contributed by atoms with Gasteiger partial charge in [0.05, 0.1) is 23.7 Å². The van der Waals surface area contributed by atoms with Crippen LogP contribution in [0.4, 0.5) is 14.5 Å². The highest BCUT2D eigenvalue weighted by atomic mass is 19.3. The molecule has 5 nitrogen and oxygen atoms in total. The molecule has 0 aliphatic heterocycles. The van der Waals surface area contributed by atoms with Gasteiger partial charge >= 0.3 is 0 Å². The maximum Gasteiger partial charge on any atom is 0.299 e. The molecule has 1 aromatic carbocycles. The van der Waals surface area contributed by atoms with Crippen molar-refractivity contribution >= 4 is 5.69 Å². The number of aliphatic hydroxyl groups is 1. The molecule has 0 saturated carbocycles. The van der Waals surface area contributed by atoms with Crippen molar-refractivity contribution in [2.45, 2.75) is 5.92 Å². The molecule has 0 heterocycles. The molecule has 0 aromatic heterocycles. The minimum atomic E-state index is -3.49. The lowest BCUT2D eigenvalue weighted by atomic mass is 10.1. The monoisotopic (exact) mass is 233 g/mol. The van der Waals surface area contributed by atoms with Gasteiger partial charge in [-0.25, -0.2) is 0 Å². The molecule has 0 spiro atoms. The first-order valence-corrected chi connectivity index (χ1v) is 4.24. The fourth-order valence-corrected chi connectivity index (χ4v) is 1.18. The molecule has 1 rings (SSSR count). The number of benzene rings is 1. The fourth-order valence-electron chi connectivity index (χ4n) is 1.18. The van der Waals surface area contributed by atoms with Crippen LogP contribution in [0.2, 0.25) is 0 Å². The molecule has 88 valence electrons. The molecule has 0 saturated heterocycles. The van der Waals surface area contributed by atoms with Crippen LogP contribution in [0.3, 0.4) is 0 Å². The van der Waals surface area contributed by atoms with Crippen molar-refractivity contribution in [3.05, 3.63) is 33.9 Å². The largest absolute Gasteiger partial charge is 0.496 e. The Balaban J connectivity index is 3.27. The molecule has 0 radical (unpaired) electrons. The molecular formula is C9H9F2NO4. The van der Waals surface area contributed by atoms with Crippen LogP contribution in [0.1, 0.15) is 5.56 Å². The van der Waals surface area contributed by atoms with E-state index in [1.54, 1.807) is 0 Å². The average molecular weight is 233 g/mol. The Morgan fingerprint density at radius 1 is 1.56 bits per heavy atom. The molecule has 1 aromatic rings. The first-order valence-electron chi connectivity index (χ1n) is 4.24. The molecule has 0 aliphatic rings. The zero-order chi connectivity index (χ0) is 12.3. The number of aliphatic hydroxyl groups excluding tert-OH is 1. The van der Waals surface area contributed by atoms with Crippen molar-refractivity contribution in [1.29, 1.82) is 0 Å². The predicted molar refractivity (Wildman–Crippen MR) is 50.6 cm³/mol. The molecule has 0 amide bonds. The highest BCUT2D eigenvalue weighted by Gasteiger charge is 2.34. The van der Waals surface area contributed by atoms with Gasteiger partial charge in [0.1, 0.15) is 12.4 Å². The minimum Gasteiger partial charge on any atom is -0.496 e. The maximum atomic E-state index is 13.2. The number of methoxy groups -OCH3 is 1. The number of alkyl halides is 2. The smallest absolute Gasteiger partial charge is 0.299 e. The number of ether oxygens (including phenoxy) is 1. The Hall–Kier alpha value is -1.76. The number of hydrogen-bond donors (Lipinski definition) is 1. The number of nitrogens with zero attached hydrogens (tertiary/aromatic N) is 1. The van der Waals surface area contributed by atoms with E-state index >= 15 is 0 Å². The maximum absolute atomic E-state index is 13.2. The van der Waals surface area contributed by atoms with Crippen LogP contribution in [0, 0.1) is 10.1 Å². The van der Waals surface area contributed by atoms with Gasteiger partial charge in [-0.15, -0.1) is 0 Å². The second-order valence-corrected chi connectivity index (χ2v) is 3.00. The molecule has 0 atom stereocenters.